The number of anilines is 1. The minimum Gasteiger partial charge on any atom is -0.493 e. The zero-order chi connectivity index (χ0) is 27.1. The van der Waals surface area contributed by atoms with Crippen LogP contribution in [0.1, 0.15) is 52.8 Å². The Balaban J connectivity index is 1.48. The van der Waals surface area contributed by atoms with Gasteiger partial charge in [0.05, 0.1) is 17.4 Å². The van der Waals surface area contributed by atoms with Crippen molar-refractivity contribution in [3.63, 3.8) is 0 Å². The Bertz CT molecular complexity index is 1430. The number of nitrogens with one attached hydrogen (secondary N) is 1. The number of amides is 1. The molecule has 38 heavy (non-hydrogen) atoms. The molecule has 0 aliphatic carbocycles. The fourth-order valence-electron chi connectivity index (χ4n) is 5.14. The number of likely N-dealkylation sites (tertiary alicyclic amines) is 1. The monoisotopic (exact) mass is 567 g/mol. The largest absolute Gasteiger partial charge is 0.493 e. The third-order valence-electron chi connectivity index (χ3n) is 6.95. The quantitative estimate of drug-likeness (QED) is 0.455. The van der Waals surface area contributed by atoms with Crippen LogP contribution in [-0.4, -0.2) is 47.9 Å². The van der Waals surface area contributed by atoms with Gasteiger partial charge in [0.2, 0.25) is 11.0 Å². The lowest BCUT2D eigenvalue weighted by Crippen LogP contribution is -2.44. The third-order valence-corrected chi connectivity index (χ3v) is 9.00. The number of fused-ring (bicyclic) bond motifs is 1. The zero-order valence-corrected chi connectivity index (χ0v) is 21.5. The van der Waals surface area contributed by atoms with Crippen molar-refractivity contribution in [1.29, 1.82) is 0 Å². The number of hydrogen-bond acceptors (Lipinski definition) is 8. The van der Waals surface area contributed by atoms with Crippen molar-refractivity contribution < 1.29 is 31.1 Å². The van der Waals surface area contributed by atoms with Crippen LogP contribution in [-0.2, 0) is 10.0 Å². The Morgan fingerprint density at radius 1 is 1.16 bits per heavy atom. The van der Waals surface area contributed by atoms with E-state index in [1.54, 1.807) is 24.3 Å². The van der Waals surface area contributed by atoms with Crippen molar-refractivity contribution >= 4 is 32.6 Å². The second kappa shape index (κ2) is 10.2. The minimum atomic E-state index is -4.34. The van der Waals surface area contributed by atoms with Gasteiger partial charge < -0.3 is 10.5 Å². The van der Waals surface area contributed by atoms with Gasteiger partial charge in [-0.1, -0.05) is 18.2 Å². The molecule has 202 valence electrons. The Hall–Kier alpha value is -3.23. The number of carbonyl (C=O) groups excluding carboxylic acids is 1. The molecule has 3 atom stereocenters. The van der Waals surface area contributed by atoms with Gasteiger partial charge in [0.25, 0.3) is 10.0 Å². The normalized spacial score (nSPS) is 22.3. The molecule has 1 amide bonds. The molecule has 1 fully saturated rings. The van der Waals surface area contributed by atoms with Crippen molar-refractivity contribution in [2.45, 2.75) is 42.4 Å². The van der Waals surface area contributed by atoms with Crippen LogP contribution in [0.15, 0.2) is 53.7 Å². The second-order valence-electron chi connectivity index (χ2n) is 9.21. The van der Waals surface area contributed by atoms with Gasteiger partial charge in [-0.3, -0.25) is 14.4 Å². The minimum absolute atomic E-state index is 0.0337. The molecule has 0 saturated carbocycles. The number of nitrogens with zero attached hydrogens (tertiary/aromatic N) is 3. The highest BCUT2D eigenvalue weighted by atomic mass is 32.2. The Labute approximate surface area is 221 Å². The van der Waals surface area contributed by atoms with Crippen LogP contribution in [0.3, 0.4) is 0 Å². The van der Waals surface area contributed by atoms with Gasteiger partial charge in [0.1, 0.15) is 12.1 Å². The maximum atomic E-state index is 13.8. The van der Waals surface area contributed by atoms with E-state index in [9.17, 15) is 26.4 Å². The third kappa shape index (κ3) is 5.33. The molecular weight excluding hydrogens is 543 g/mol. The number of benzene rings is 2. The summed E-state index contributed by atoms with van der Waals surface area (Å²) in [7, 11) is -3.95. The fraction of sp³-hybridized carbons (Fsp3) is 0.375. The first kappa shape index (κ1) is 26.4. The van der Waals surface area contributed by atoms with Crippen LogP contribution >= 0.6 is 11.5 Å². The lowest BCUT2D eigenvalue weighted by molar-refractivity contribution is -0.192. The van der Waals surface area contributed by atoms with Crippen LogP contribution in [0.5, 0.6) is 5.75 Å². The van der Waals surface area contributed by atoms with Gasteiger partial charge in [-0.25, -0.2) is 13.4 Å². The molecule has 2 aromatic carbocycles. The first-order chi connectivity index (χ1) is 18.0. The fourth-order valence-corrected chi connectivity index (χ4v) is 6.81. The number of nitrogens with two attached hydrogens (primary N) is 1. The number of aromatic nitrogens is 2. The maximum absolute atomic E-state index is 13.8. The number of sulfonamides is 1. The number of alkyl halides is 3. The number of piperidine rings is 1. The summed E-state index contributed by atoms with van der Waals surface area (Å²) in [4.78, 5) is 17.6. The molecule has 1 saturated heterocycles. The molecule has 0 bridgehead atoms. The standard InChI is InChI=1S/C24H24F3N5O4S2/c25-24(26,27)16-6-8-32(20(11-16)14-2-1-3-15(10-14)22(28)33)19-7-9-36-21-12-17(4-5-18(19)21)38(34,35)31-23-29-13-30-37-23/h1-5,10,12-13,16,19-20H,6-9,11H2,(H2,28,33)(H,29,30,31)/t16?,19-,20-/m0/s1. The summed E-state index contributed by atoms with van der Waals surface area (Å²) in [6.45, 7) is 0.427. The van der Waals surface area contributed by atoms with Crippen molar-refractivity contribution in [3.05, 3.63) is 65.5 Å². The summed E-state index contributed by atoms with van der Waals surface area (Å²) in [5.41, 5.74) is 6.92. The highest BCUT2D eigenvalue weighted by Crippen LogP contribution is 2.48. The molecule has 2 aliphatic rings. The van der Waals surface area contributed by atoms with Crippen molar-refractivity contribution in [3.8, 4) is 5.75 Å². The summed E-state index contributed by atoms with van der Waals surface area (Å²) in [5.74, 6) is -1.79. The number of hydrogen-bond donors (Lipinski definition) is 2. The van der Waals surface area contributed by atoms with Crippen LogP contribution in [0.25, 0.3) is 0 Å². The van der Waals surface area contributed by atoms with E-state index in [1.165, 1.54) is 24.5 Å². The first-order valence-electron chi connectivity index (χ1n) is 11.8. The molecule has 3 heterocycles. The van der Waals surface area contributed by atoms with Crippen LogP contribution in [0.4, 0.5) is 18.3 Å². The van der Waals surface area contributed by atoms with E-state index in [0.29, 0.717) is 23.3 Å². The van der Waals surface area contributed by atoms with E-state index in [2.05, 4.69) is 14.1 Å². The lowest BCUT2D eigenvalue weighted by Gasteiger charge is -2.46. The number of primary amides is 1. The number of rotatable bonds is 6. The van der Waals surface area contributed by atoms with Gasteiger partial charge in [0.15, 0.2) is 0 Å². The summed E-state index contributed by atoms with van der Waals surface area (Å²) < 4.78 is 78.9. The Kier molecular flexibility index (Phi) is 7.05. The Morgan fingerprint density at radius 2 is 1.97 bits per heavy atom. The van der Waals surface area contributed by atoms with Gasteiger partial charge in [-0.15, -0.1) is 0 Å². The van der Waals surface area contributed by atoms with Crippen molar-refractivity contribution in [2.75, 3.05) is 17.9 Å². The summed E-state index contributed by atoms with van der Waals surface area (Å²) in [6, 6.07) is 9.94. The topological polar surface area (TPSA) is 128 Å². The van der Waals surface area contributed by atoms with Crippen LogP contribution in [0, 0.1) is 5.92 Å². The molecule has 1 aromatic heterocycles. The predicted molar refractivity (Wildman–Crippen MR) is 133 cm³/mol. The smallest absolute Gasteiger partial charge is 0.391 e. The molecule has 9 nitrogen and oxygen atoms in total. The second-order valence-corrected chi connectivity index (χ2v) is 11.7. The van der Waals surface area contributed by atoms with E-state index in [-0.39, 0.29) is 47.6 Å². The predicted octanol–water partition coefficient (Wildman–Crippen LogP) is 4.28. The molecule has 5 rings (SSSR count). The van der Waals surface area contributed by atoms with Gasteiger partial charge in [0, 0.05) is 47.2 Å². The molecule has 14 heteroatoms. The van der Waals surface area contributed by atoms with Crippen LogP contribution < -0.4 is 15.2 Å². The van der Waals surface area contributed by atoms with E-state index in [4.69, 9.17) is 10.5 Å². The van der Waals surface area contributed by atoms with E-state index >= 15 is 0 Å². The molecule has 2 aliphatic heterocycles. The van der Waals surface area contributed by atoms with Crippen LogP contribution in [0.2, 0.25) is 0 Å². The summed E-state index contributed by atoms with van der Waals surface area (Å²) in [5, 5.41) is 0.120. The SMILES string of the molecule is NC(=O)c1cccc([C@@H]2CC(C(F)(F)F)CCN2[C@H]2CCOc3cc(S(=O)(=O)Nc4ncns4)ccc32)c1. The Morgan fingerprint density at radius 3 is 2.68 bits per heavy atom. The maximum Gasteiger partial charge on any atom is 0.391 e. The highest BCUT2D eigenvalue weighted by Gasteiger charge is 2.46. The molecule has 3 N–H and O–H groups in total. The van der Waals surface area contributed by atoms with E-state index in [0.717, 1.165) is 11.5 Å². The van der Waals surface area contributed by atoms with E-state index < -0.39 is 34.1 Å². The zero-order valence-electron chi connectivity index (χ0n) is 19.9. The average molecular weight is 568 g/mol. The van der Waals surface area contributed by atoms with E-state index in [1.807, 2.05) is 4.90 Å². The van der Waals surface area contributed by atoms with Crippen molar-refractivity contribution in [2.24, 2.45) is 11.7 Å². The molecule has 0 radical (unpaired) electrons. The number of halogens is 3. The molecule has 3 aromatic rings. The van der Waals surface area contributed by atoms with Gasteiger partial charge in [-0.2, -0.15) is 17.5 Å². The van der Waals surface area contributed by atoms with Gasteiger partial charge >= 0.3 is 6.18 Å². The molecule has 0 spiro atoms. The number of ether oxygens (including phenoxy) is 1. The number of carbonyl (C=O) groups is 1. The average Bonchev–Trinajstić information content (AvgIpc) is 3.39. The van der Waals surface area contributed by atoms with Gasteiger partial charge in [-0.05, 0) is 43.1 Å². The van der Waals surface area contributed by atoms with Crippen molar-refractivity contribution in [1.82, 2.24) is 14.3 Å². The lowest BCUT2D eigenvalue weighted by atomic mass is 9.83. The molecule has 1 unspecified atom stereocenters. The summed E-state index contributed by atoms with van der Waals surface area (Å²) in [6.07, 6.45) is -2.84. The summed E-state index contributed by atoms with van der Waals surface area (Å²) >= 11 is 0.897. The first-order valence-corrected chi connectivity index (χ1v) is 14.1. The molecular formula is C24H24F3N5O4S2. The highest BCUT2D eigenvalue weighted by molar-refractivity contribution is 7.93.